The molecule has 3 heterocycles. The number of Topliss-reactive ketones (excluding diaryl/α,β-unsaturated/α-hetero) is 3. The zero-order chi connectivity index (χ0) is 48.9. The van der Waals surface area contributed by atoms with Gasteiger partial charge in [-0.2, -0.15) is 11.8 Å². The second kappa shape index (κ2) is 26.1. The van der Waals surface area contributed by atoms with Crippen molar-refractivity contribution in [2.45, 2.75) is 179 Å². The maximum absolute atomic E-state index is 14.4. The number of cyclic esters (lactones) is 1. The molecule has 0 spiro atoms. The van der Waals surface area contributed by atoms with Crippen LogP contribution in [0.25, 0.3) is 0 Å². The molecule has 0 aromatic carbocycles. The number of carbonyl (C=O) groups is 5. The minimum Gasteiger partial charge on any atom is -0.460 e. The third-order valence-electron chi connectivity index (χ3n) is 14.8. The molecular formula is C52H81NO12S. The number of rotatable bonds is 7. The lowest BCUT2D eigenvalue weighted by Crippen LogP contribution is -2.61. The number of amides is 1. The fraction of sp³-hybridized carbons (Fsp3) is 0.750. The Hall–Kier alpha value is -2.98. The van der Waals surface area contributed by atoms with Crippen molar-refractivity contribution in [1.29, 1.82) is 0 Å². The van der Waals surface area contributed by atoms with Gasteiger partial charge in [0.25, 0.3) is 11.7 Å². The summed E-state index contributed by atoms with van der Waals surface area (Å²) in [6, 6.07) is -1.11. The van der Waals surface area contributed by atoms with E-state index in [-0.39, 0.29) is 54.8 Å². The van der Waals surface area contributed by atoms with Gasteiger partial charge in [-0.15, -0.1) is 0 Å². The Labute approximate surface area is 398 Å². The number of nitrogens with zero attached hydrogens (tertiary/aromatic N) is 1. The van der Waals surface area contributed by atoms with Crippen molar-refractivity contribution in [3.8, 4) is 0 Å². The fourth-order valence-electron chi connectivity index (χ4n) is 10.4. The maximum atomic E-state index is 14.4. The minimum atomic E-state index is -2.41. The molecule has 1 saturated carbocycles. The lowest BCUT2D eigenvalue weighted by molar-refractivity contribution is -0.265. The van der Waals surface area contributed by atoms with Crippen LogP contribution >= 0.6 is 11.8 Å². The quantitative estimate of drug-likeness (QED) is 0.146. The van der Waals surface area contributed by atoms with E-state index in [0.29, 0.717) is 55.8 Å². The van der Waals surface area contributed by atoms with Crippen LogP contribution in [0, 0.1) is 35.5 Å². The van der Waals surface area contributed by atoms with Gasteiger partial charge in [-0.3, -0.25) is 19.2 Å². The fourth-order valence-corrected chi connectivity index (χ4v) is 11.3. The highest BCUT2D eigenvalue weighted by molar-refractivity contribution is 7.99. The molecule has 0 aromatic rings. The van der Waals surface area contributed by atoms with E-state index in [4.69, 9.17) is 23.7 Å². The number of carbonyl (C=O) groups excluding carboxylic acids is 5. The molecule has 1 amide bonds. The van der Waals surface area contributed by atoms with Crippen molar-refractivity contribution in [2.24, 2.45) is 35.5 Å². The first kappa shape index (κ1) is 55.6. The van der Waals surface area contributed by atoms with Gasteiger partial charge in [0.1, 0.15) is 30.1 Å². The summed E-state index contributed by atoms with van der Waals surface area (Å²) in [5.41, 5.74) is 1.30. The predicted molar refractivity (Wildman–Crippen MR) is 256 cm³/mol. The number of fused-ring (bicyclic) bond motifs is 3. The van der Waals surface area contributed by atoms with Crippen LogP contribution in [-0.4, -0.2) is 132 Å². The van der Waals surface area contributed by atoms with Gasteiger partial charge in [0.2, 0.25) is 5.79 Å². The van der Waals surface area contributed by atoms with Gasteiger partial charge in [-0.25, -0.2) is 4.79 Å². The van der Waals surface area contributed by atoms with Gasteiger partial charge in [0, 0.05) is 63.7 Å². The molecule has 15 atom stereocenters. The van der Waals surface area contributed by atoms with Gasteiger partial charge in [-0.1, -0.05) is 71.1 Å². The number of thioether (sulfide) groups is 1. The van der Waals surface area contributed by atoms with Gasteiger partial charge in [0.15, 0.2) is 5.78 Å². The topological polar surface area (TPSA) is 175 Å². The van der Waals surface area contributed by atoms with Gasteiger partial charge >= 0.3 is 5.97 Å². The lowest BCUT2D eigenvalue weighted by atomic mass is 9.79. The summed E-state index contributed by atoms with van der Waals surface area (Å²) in [7, 11) is 4.71. The third kappa shape index (κ3) is 14.5. The van der Waals surface area contributed by atoms with E-state index in [1.807, 2.05) is 58.1 Å². The first-order valence-corrected chi connectivity index (χ1v) is 25.6. The van der Waals surface area contributed by atoms with E-state index in [0.717, 1.165) is 24.8 Å². The molecule has 3 fully saturated rings. The summed E-state index contributed by atoms with van der Waals surface area (Å²) >= 11 is 1.80. The summed E-state index contributed by atoms with van der Waals surface area (Å²) in [5, 5.41) is 23.8. The summed E-state index contributed by atoms with van der Waals surface area (Å²) in [5.74, 6) is -7.52. The van der Waals surface area contributed by atoms with Crippen LogP contribution in [0.3, 0.4) is 0 Å². The molecule has 2 saturated heterocycles. The van der Waals surface area contributed by atoms with E-state index in [2.05, 4.69) is 6.26 Å². The SMILES string of the molecule is CO[C@H]1C[C@@H]2CC[C@@H](C)[C@@](O)(O2)C(=O)C(=O)N2CCCC[C@H]2C(=O)OC([C@H](C)CC2CC[C@@H](SC)[C@H](OC)C2)CC(=O)[C@H](C)/C=C(\C)[C@@H](O)[C@@H](OC)C(=O)[C@H](C)C[C@H](C)/C=C/C=CC=C1C. The van der Waals surface area contributed by atoms with Crippen LogP contribution in [0.2, 0.25) is 0 Å². The highest BCUT2D eigenvalue weighted by Gasteiger charge is 2.53. The molecule has 2 N–H and O–H groups in total. The molecule has 2 bridgehead atoms. The number of hydrogen-bond acceptors (Lipinski definition) is 13. The van der Waals surface area contributed by atoms with Crippen molar-refractivity contribution in [3.05, 3.63) is 47.6 Å². The van der Waals surface area contributed by atoms with Crippen LogP contribution in [-0.2, 0) is 47.7 Å². The summed E-state index contributed by atoms with van der Waals surface area (Å²) in [6.07, 6.45) is 15.6. The molecule has 372 valence electrons. The highest BCUT2D eigenvalue weighted by Crippen LogP contribution is 2.39. The maximum Gasteiger partial charge on any atom is 0.329 e. The molecule has 2 unspecified atom stereocenters. The first-order chi connectivity index (χ1) is 31.3. The molecule has 0 aromatic heterocycles. The Kier molecular flexibility index (Phi) is 22.0. The molecule has 4 rings (SSSR count). The molecule has 3 aliphatic heterocycles. The van der Waals surface area contributed by atoms with Crippen LogP contribution in [0.5, 0.6) is 0 Å². The van der Waals surface area contributed by atoms with Gasteiger partial charge < -0.3 is 38.8 Å². The zero-order valence-corrected chi connectivity index (χ0v) is 42.4. The van der Waals surface area contributed by atoms with Crippen LogP contribution in [0.1, 0.15) is 126 Å². The lowest BCUT2D eigenvalue weighted by Gasteiger charge is -2.42. The minimum absolute atomic E-state index is 0.0292. The van der Waals surface area contributed by atoms with Crippen LogP contribution in [0.4, 0.5) is 0 Å². The number of ketones is 3. The number of aliphatic hydroxyl groups excluding tert-OH is 1. The number of allylic oxidation sites excluding steroid dienone is 6. The smallest absolute Gasteiger partial charge is 0.329 e. The predicted octanol–water partition coefficient (Wildman–Crippen LogP) is 7.55. The second-order valence-corrected chi connectivity index (χ2v) is 20.9. The third-order valence-corrected chi connectivity index (χ3v) is 15.9. The van der Waals surface area contributed by atoms with Gasteiger partial charge in [0.05, 0.1) is 18.3 Å². The summed E-state index contributed by atoms with van der Waals surface area (Å²) in [6.45, 7) is 12.9. The number of methoxy groups -OCH3 is 3. The number of ether oxygens (including phenoxy) is 5. The van der Waals surface area contributed by atoms with Crippen LogP contribution < -0.4 is 0 Å². The standard InChI is InChI=1S/C52H81NO12S/c1-31-17-13-12-14-18-32(2)42(61-8)29-39-22-20-37(7)52(60,65-39)49(57)50(58)53-24-16-15-19-40(53)51(59)64-43(34(4)27-38-21-23-45(66-11)44(28-38)62-9)30-41(54)33(3)26-36(6)47(56)48(63-10)46(55)35(5)25-31/h12-14,17-18,26,31,33-35,37-40,42-45,47-48,56,60H,15-16,19-25,27-30H2,1-11H3/b14-12?,17-13+,32-18?,36-26+/t31-,33-,34-,35-,37-,38?,39+,40+,42+,43?,44-,45-,47-,48+,52-/m1/s1. The van der Waals surface area contributed by atoms with Crippen molar-refractivity contribution in [3.63, 3.8) is 0 Å². The van der Waals surface area contributed by atoms with Crippen molar-refractivity contribution >= 4 is 41.0 Å². The highest BCUT2D eigenvalue weighted by atomic mass is 32.2. The monoisotopic (exact) mass is 944 g/mol. The largest absolute Gasteiger partial charge is 0.460 e. The number of esters is 1. The van der Waals surface area contributed by atoms with Crippen molar-refractivity contribution in [1.82, 2.24) is 4.90 Å². The summed E-state index contributed by atoms with van der Waals surface area (Å²) < 4.78 is 29.8. The normalized spacial score (nSPS) is 38.7. The number of hydrogen-bond donors (Lipinski definition) is 2. The Morgan fingerprint density at radius 3 is 2.27 bits per heavy atom. The van der Waals surface area contributed by atoms with E-state index in [1.54, 1.807) is 52.8 Å². The Balaban J connectivity index is 1.70. The molecule has 13 nitrogen and oxygen atoms in total. The zero-order valence-electron chi connectivity index (χ0n) is 41.6. The van der Waals surface area contributed by atoms with Crippen molar-refractivity contribution in [2.75, 3.05) is 34.1 Å². The Morgan fingerprint density at radius 1 is 0.879 bits per heavy atom. The molecule has 66 heavy (non-hydrogen) atoms. The van der Waals surface area contributed by atoms with E-state index >= 15 is 0 Å². The van der Waals surface area contributed by atoms with Crippen LogP contribution in [0.15, 0.2) is 47.6 Å². The van der Waals surface area contributed by atoms with E-state index in [9.17, 15) is 34.2 Å². The molecule has 14 heteroatoms. The number of piperidine rings is 1. The first-order valence-electron chi connectivity index (χ1n) is 24.3. The molecule has 1 aliphatic carbocycles. The molecular weight excluding hydrogens is 863 g/mol. The Morgan fingerprint density at radius 2 is 1.61 bits per heavy atom. The summed E-state index contributed by atoms with van der Waals surface area (Å²) in [4.78, 5) is 72.1. The van der Waals surface area contributed by atoms with E-state index < -0.39 is 77.8 Å². The Bertz CT molecular complexity index is 1780. The average Bonchev–Trinajstić information content (AvgIpc) is 3.30. The average molecular weight is 944 g/mol. The molecule has 4 aliphatic rings. The van der Waals surface area contributed by atoms with Crippen molar-refractivity contribution < 1.29 is 57.9 Å². The van der Waals surface area contributed by atoms with E-state index in [1.165, 1.54) is 12.0 Å². The second-order valence-electron chi connectivity index (χ2n) is 19.8. The number of aliphatic hydroxyl groups is 2. The van der Waals surface area contributed by atoms with Gasteiger partial charge in [-0.05, 0) is 113 Å². The molecule has 0 radical (unpaired) electrons.